The molecule has 1 fully saturated rings. The molecule has 1 heterocycles. The van der Waals surface area contributed by atoms with E-state index < -0.39 is 5.97 Å². The summed E-state index contributed by atoms with van der Waals surface area (Å²) in [5, 5.41) is 8.96. The van der Waals surface area contributed by atoms with E-state index in [-0.39, 0.29) is 17.9 Å². The third kappa shape index (κ3) is 4.56. The average Bonchev–Trinajstić information content (AvgIpc) is 2.48. The summed E-state index contributed by atoms with van der Waals surface area (Å²) in [5.74, 6) is -0.571. The van der Waals surface area contributed by atoms with Gasteiger partial charge in [0, 0.05) is 20.2 Å². The van der Waals surface area contributed by atoms with Gasteiger partial charge in [-0.2, -0.15) is 0 Å². The van der Waals surface area contributed by atoms with E-state index >= 15 is 0 Å². The van der Waals surface area contributed by atoms with Crippen LogP contribution in [0.5, 0.6) is 0 Å². The van der Waals surface area contributed by atoms with Gasteiger partial charge in [-0.15, -0.1) is 0 Å². The summed E-state index contributed by atoms with van der Waals surface area (Å²) in [6, 6.07) is 6.53. The number of carboxylic acids is 1. The molecule has 0 aliphatic carbocycles. The van der Waals surface area contributed by atoms with Crippen molar-refractivity contribution in [3.05, 3.63) is 35.4 Å². The van der Waals surface area contributed by atoms with Crippen LogP contribution in [0.4, 0.5) is 0 Å². The number of carbonyl (C=O) groups excluding carboxylic acids is 1. The zero-order chi connectivity index (χ0) is 15.2. The number of ether oxygens (including phenoxy) is 1. The Kier molecular flexibility index (Phi) is 5.33. The highest BCUT2D eigenvalue weighted by Crippen LogP contribution is 2.15. The van der Waals surface area contributed by atoms with E-state index in [0.717, 1.165) is 25.0 Å². The Morgan fingerprint density at radius 3 is 2.90 bits per heavy atom. The van der Waals surface area contributed by atoms with Gasteiger partial charge in [0.2, 0.25) is 5.91 Å². The van der Waals surface area contributed by atoms with E-state index in [1.54, 1.807) is 30.1 Å². The molecule has 2 rings (SSSR count). The molecule has 0 unspecified atom stereocenters. The fourth-order valence-corrected chi connectivity index (χ4v) is 2.56. The summed E-state index contributed by atoms with van der Waals surface area (Å²) < 4.78 is 5.42. The summed E-state index contributed by atoms with van der Waals surface area (Å²) in [6.45, 7) is 2.22. The molecule has 114 valence electrons. The van der Waals surface area contributed by atoms with Crippen molar-refractivity contribution in [3.8, 4) is 0 Å². The standard InChI is InChI=1S/C16H21NO4/c1-17(10-13-5-3-7-21-11-13)15(18)9-12-4-2-6-14(8-12)16(19)20/h2,4,6,8,13H,3,5,7,9-11H2,1H3,(H,19,20)/t13-/m0/s1. The maximum Gasteiger partial charge on any atom is 0.335 e. The molecule has 5 nitrogen and oxygen atoms in total. The van der Waals surface area contributed by atoms with Crippen molar-refractivity contribution in [2.45, 2.75) is 19.3 Å². The maximum atomic E-state index is 12.2. The number of benzene rings is 1. The van der Waals surface area contributed by atoms with Crippen molar-refractivity contribution in [2.75, 3.05) is 26.8 Å². The number of hydrogen-bond donors (Lipinski definition) is 1. The second kappa shape index (κ2) is 7.22. The number of amides is 1. The summed E-state index contributed by atoms with van der Waals surface area (Å²) in [7, 11) is 1.79. The van der Waals surface area contributed by atoms with Crippen LogP contribution >= 0.6 is 0 Å². The lowest BCUT2D eigenvalue weighted by atomic mass is 10.0. The number of hydrogen-bond acceptors (Lipinski definition) is 3. The average molecular weight is 291 g/mol. The van der Waals surface area contributed by atoms with Gasteiger partial charge in [-0.05, 0) is 36.5 Å². The lowest BCUT2D eigenvalue weighted by Gasteiger charge is -2.27. The van der Waals surface area contributed by atoms with Crippen LogP contribution in [0.1, 0.15) is 28.8 Å². The highest BCUT2D eigenvalue weighted by atomic mass is 16.5. The van der Waals surface area contributed by atoms with E-state index in [2.05, 4.69) is 0 Å². The lowest BCUT2D eigenvalue weighted by molar-refractivity contribution is -0.130. The number of carboxylic acid groups (broad SMARTS) is 1. The molecule has 1 aromatic carbocycles. The van der Waals surface area contributed by atoms with Gasteiger partial charge in [-0.3, -0.25) is 4.79 Å². The van der Waals surface area contributed by atoms with E-state index in [0.29, 0.717) is 19.1 Å². The van der Waals surface area contributed by atoms with Crippen LogP contribution in [0.3, 0.4) is 0 Å². The van der Waals surface area contributed by atoms with Crippen LogP contribution in [-0.2, 0) is 16.0 Å². The van der Waals surface area contributed by atoms with Gasteiger partial charge in [0.1, 0.15) is 0 Å². The predicted octanol–water partition coefficient (Wildman–Crippen LogP) is 1.81. The van der Waals surface area contributed by atoms with E-state index in [4.69, 9.17) is 9.84 Å². The summed E-state index contributed by atoms with van der Waals surface area (Å²) in [6.07, 6.45) is 2.37. The molecule has 1 aromatic rings. The molecule has 0 aromatic heterocycles. The molecular weight excluding hydrogens is 270 g/mol. The van der Waals surface area contributed by atoms with Crippen molar-refractivity contribution in [1.82, 2.24) is 4.90 Å². The zero-order valence-corrected chi connectivity index (χ0v) is 12.2. The fraction of sp³-hybridized carbons (Fsp3) is 0.500. The molecule has 0 saturated carbocycles. The van der Waals surface area contributed by atoms with Gasteiger partial charge in [-0.25, -0.2) is 4.79 Å². The molecular formula is C16H21NO4. The van der Waals surface area contributed by atoms with Crippen LogP contribution in [0.15, 0.2) is 24.3 Å². The van der Waals surface area contributed by atoms with Gasteiger partial charge in [0.05, 0.1) is 18.6 Å². The monoisotopic (exact) mass is 291 g/mol. The molecule has 0 radical (unpaired) electrons. The van der Waals surface area contributed by atoms with Crippen LogP contribution < -0.4 is 0 Å². The zero-order valence-electron chi connectivity index (χ0n) is 12.2. The summed E-state index contributed by atoms with van der Waals surface area (Å²) in [4.78, 5) is 24.8. The molecule has 1 atom stereocenters. The highest BCUT2D eigenvalue weighted by Gasteiger charge is 2.19. The second-order valence-electron chi connectivity index (χ2n) is 5.54. The van der Waals surface area contributed by atoms with Crippen molar-refractivity contribution >= 4 is 11.9 Å². The minimum Gasteiger partial charge on any atom is -0.478 e. The smallest absolute Gasteiger partial charge is 0.335 e. The largest absolute Gasteiger partial charge is 0.478 e. The first-order valence-electron chi connectivity index (χ1n) is 7.20. The van der Waals surface area contributed by atoms with Crippen molar-refractivity contribution < 1.29 is 19.4 Å². The fourth-order valence-electron chi connectivity index (χ4n) is 2.56. The maximum absolute atomic E-state index is 12.2. The molecule has 0 bridgehead atoms. The molecule has 1 saturated heterocycles. The van der Waals surface area contributed by atoms with E-state index in [1.165, 1.54) is 6.07 Å². The molecule has 5 heteroatoms. The number of rotatable bonds is 5. The van der Waals surface area contributed by atoms with Crippen LogP contribution in [0.25, 0.3) is 0 Å². The van der Waals surface area contributed by atoms with Crippen LogP contribution in [0.2, 0.25) is 0 Å². The van der Waals surface area contributed by atoms with Gasteiger partial charge in [0.15, 0.2) is 0 Å². The summed E-state index contributed by atoms with van der Waals surface area (Å²) >= 11 is 0. The molecule has 1 amide bonds. The van der Waals surface area contributed by atoms with Gasteiger partial charge in [-0.1, -0.05) is 12.1 Å². The minimum absolute atomic E-state index is 0.00288. The Balaban J connectivity index is 1.90. The van der Waals surface area contributed by atoms with Gasteiger partial charge in [0.25, 0.3) is 0 Å². The number of carbonyl (C=O) groups is 2. The minimum atomic E-state index is -0.975. The third-order valence-corrected chi connectivity index (χ3v) is 3.74. The second-order valence-corrected chi connectivity index (χ2v) is 5.54. The first-order chi connectivity index (χ1) is 10.1. The molecule has 1 aliphatic heterocycles. The van der Waals surface area contributed by atoms with Crippen molar-refractivity contribution in [3.63, 3.8) is 0 Å². The molecule has 1 N–H and O–H groups in total. The van der Waals surface area contributed by atoms with Crippen molar-refractivity contribution in [1.29, 1.82) is 0 Å². The third-order valence-electron chi connectivity index (χ3n) is 3.74. The van der Waals surface area contributed by atoms with Gasteiger partial charge >= 0.3 is 5.97 Å². The van der Waals surface area contributed by atoms with Crippen LogP contribution in [-0.4, -0.2) is 48.7 Å². The first-order valence-corrected chi connectivity index (χ1v) is 7.20. The summed E-state index contributed by atoms with van der Waals surface area (Å²) in [5.41, 5.74) is 0.940. The normalized spacial score (nSPS) is 18.2. The van der Waals surface area contributed by atoms with Crippen molar-refractivity contribution in [2.24, 2.45) is 5.92 Å². The molecule has 1 aliphatic rings. The first kappa shape index (κ1) is 15.5. The molecule has 0 spiro atoms. The van der Waals surface area contributed by atoms with E-state index in [1.807, 2.05) is 0 Å². The Morgan fingerprint density at radius 2 is 2.24 bits per heavy atom. The Labute approximate surface area is 124 Å². The highest BCUT2D eigenvalue weighted by molar-refractivity contribution is 5.88. The Hall–Kier alpha value is -1.88. The topological polar surface area (TPSA) is 66.8 Å². The SMILES string of the molecule is CN(C[C@@H]1CCCOC1)C(=O)Cc1cccc(C(=O)O)c1. The Bertz CT molecular complexity index is 509. The Morgan fingerprint density at radius 1 is 1.43 bits per heavy atom. The van der Waals surface area contributed by atoms with Gasteiger partial charge < -0.3 is 14.7 Å². The quantitative estimate of drug-likeness (QED) is 0.898. The number of aromatic carboxylic acids is 1. The predicted molar refractivity (Wildman–Crippen MR) is 78.3 cm³/mol. The number of nitrogens with zero attached hydrogens (tertiary/aromatic N) is 1. The van der Waals surface area contributed by atoms with E-state index in [9.17, 15) is 9.59 Å². The number of likely N-dealkylation sites (N-methyl/N-ethyl adjacent to an activating group) is 1. The lowest BCUT2D eigenvalue weighted by Crippen LogP contribution is -2.35. The van der Waals surface area contributed by atoms with Crippen LogP contribution in [0, 0.1) is 5.92 Å². The molecule has 21 heavy (non-hydrogen) atoms.